The molecule has 2 aromatic carbocycles. The molecule has 0 unspecified atom stereocenters. The van der Waals surface area contributed by atoms with Crippen LogP contribution in [0.15, 0.2) is 53.7 Å². The number of hydrogen-bond acceptors (Lipinski definition) is 5. The molecule has 0 bridgehead atoms. The summed E-state index contributed by atoms with van der Waals surface area (Å²) in [7, 11) is 0. The molecule has 0 fully saturated rings. The van der Waals surface area contributed by atoms with Crippen molar-refractivity contribution in [1.29, 1.82) is 5.26 Å². The fraction of sp³-hybridized carbons (Fsp3) is 0.0526. The minimum atomic E-state index is 0.559. The Hall–Kier alpha value is -1.68. The second kappa shape index (κ2) is 9.50. The molecular weight excluding hydrogens is 441 g/mol. The molecule has 0 amide bonds. The molecule has 27 heavy (non-hydrogen) atoms. The van der Waals surface area contributed by atoms with Gasteiger partial charge < -0.3 is 5.32 Å². The van der Waals surface area contributed by atoms with Gasteiger partial charge in [-0.1, -0.05) is 52.6 Å². The average Bonchev–Trinajstić information content (AvgIpc) is 3.04. The third-order valence-electron chi connectivity index (χ3n) is 3.51. The number of rotatable bonds is 6. The molecule has 0 aliphatic rings. The summed E-state index contributed by atoms with van der Waals surface area (Å²) in [6, 6.07) is 15.0. The minimum absolute atomic E-state index is 0.559. The van der Waals surface area contributed by atoms with Crippen molar-refractivity contribution in [3.63, 3.8) is 0 Å². The Labute approximate surface area is 180 Å². The monoisotopic (exact) mass is 451 g/mol. The fourth-order valence-corrected chi connectivity index (χ4v) is 4.69. The van der Waals surface area contributed by atoms with E-state index in [1.165, 1.54) is 23.3 Å². The summed E-state index contributed by atoms with van der Waals surface area (Å²) in [6.07, 6.45) is 3.62. The SMILES string of the molecule is N#Cc1c(SCc2ccc(Cl)cc2Cl)nsc1/C=C/Nc1ccc(Cl)cc1. The lowest BCUT2D eigenvalue weighted by molar-refractivity contribution is 1.24. The van der Waals surface area contributed by atoms with Gasteiger partial charge in [0.05, 0.1) is 4.88 Å². The van der Waals surface area contributed by atoms with Crippen LogP contribution in [0, 0.1) is 11.3 Å². The Morgan fingerprint density at radius 2 is 1.85 bits per heavy atom. The van der Waals surface area contributed by atoms with Crippen molar-refractivity contribution in [1.82, 2.24) is 4.37 Å². The standard InChI is InChI=1S/C19H12Cl3N3S2/c20-13-3-5-15(6-4-13)24-8-7-18-16(10-23)19(25-27-18)26-11-12-1-2-14(21)9-17(12)22/h1-9,24H,11H2/b8-7+. The number of hydrogen-bond donors (Lipinski definition) is 1. The van der Waals surface area contributed by atoms with Crippen molar-refractivity contribution in [2.24, 2.45) is 0 Å². The van der Waals surface area contributed by atoms with Crippen molar-refractivity contribution in [3.05, 3.63) is 79.7 Å². The first-order valence-corrected chi connectivity index (χ1v) is 10.6. The highest BCUT2D eigenvalue weighted by atomic mass is 35.5. The van der Waals surface area contributed by atoms with Gasteiger partial charge in [0.1, 0.15) is 16.7 Å². The van der Waals surface area contributed by atoms with Crippen LogP contribution in [-0.4, -0.2) is 4.37 Å². The first kappa shape index (κ1) is 20.1. The molecule has 1 N–H and O–H groups in total. The van der Waals surface area contributed by atoms with E-state index in [0.717, 1.165) is 16.1 Å². The Bertz CT molecular complexity index is 1010. The molecule has 1 aromatic heterocycles. The van der Waals surface area contributed by atoms with Gasteiger partial charge in [0, 0.05) is 32.7 Å². The Kier molecular flexibility index (Phi) is 7.06. The largest absolute Gasteiger partial charge is 0.362 e. The van der Waals surface area contributed by atoms with Gasteiger partial charge in [0.25, 0.3) is 0 Å². The number of nitriles is 1. The van der Waals surface area contributed by atoms with Crippen LogP contribution < -0.4 is 5.32 Å². The van der Waals surface area contributed by atoms with Crippen molar-refractivity contribution >= 4 is 69.9 Å². The lowest BCUT2D eigenvalue weighted by Gasteiger charge is -2.03. The predicted molar refractivity (Wildman–Crippen MR) is 117 cm³/mol. The minimum Gasteiger partial charge on any atom is -0.362 e. The maximum absolute atomic E-state index is 9.51. The summed E-state index contributed by atoms with van der Waals surface area (Å²) in [4.78, 5) is 0.795. The number of thioether (sulfide) groups is 1. The number of benzene rings is 2. The Morgan fingerprint density at radius 3 is 2.56 bits per heavy atom. The van der Waals surface area contributed by atoms with E-state index in [1.807, 2.05) is 36.4 Å². The maximum atomic E-state index is 9.51. The van der Waals surface area contributed by atoms with Gasteiger partial charge in [-0.15, -0.1) is 0 Å². The molecule has 3 rings (SSSR count). The number of halogens is 3. The maximum Gasteiger partial charge on any atom is 0.129 e. The molecule has 0 aliphatic carbocycles. The number of anilines is 1. The molecule has 0 saturated heterocycles. The van der Waals surface area contributed by atoms with Crippen LogP contribution in [0.3, 0.4) is 0 Å². The van der Waals surface area contributed by atoms with Crippen molar-refractivity contribution in [3.8, 4) is 6.07 Å². The van der Waals surface area contributed by atoms with Gasteiger partial charge in [-0.3, -0.25) is 0 Å². The smallest absolute Gasteiger partial charge is 0.129 e. The first-order chi connectivity index (χ1) is 13.1. The highest BCUT2D eigenvalue weighted by Gasteiger charge is 2.13. The molecule has 0 aliphatic heterocycles. The van der Waals surface area contributed by atoms with E-state index in [-0.39, 0.29) is 0 Å². The van der Waals surface area contributed by atoms with Crippen LogP contribution >= 0.6 is 58.1 Å². The highest BCUT2D eigenvalue weighted by Crippen LogP contribution is 2.32. The molecule has 0 radical (unpaired) electrons. The molecule has 0 spiro atoms. The molecule has 1 heterocycles. The fourth-order valence-electron chi connectivity index (χ4n) is 2.15. The summed E-state index contributed by atoms with van der Waals surface area (Å²) >= 11 is 20.8. The van der Waals surface area contributed by atoms with E-state index < -0.39 is 0 Å². The second-order valence-electron chi connectivity index (χ2n) is 5.35. The number of nitrogens with one attached hydrogen (secondary N) is 1. The zero-order chi connectivity index (χ0) is 19.2. The highest BCUT2D eigenvalue weighted by molar-refractivity contribution is 7.98. The summed E-state index contributed by atoms with van der Waals surface area (Å²) in [5.74, 6) is 0.612. The Morgan fingerprint density at radius 1 is 1.11 bits per heavy atom. The summed E-state index contributed by atoms with van der Waals surface area (Å²) in [5.41, 5.74) is 2.42. The average molecular weight is 453 g/mol. The predicted octanol–water partition coefficient (Wildman–Crippen LogP) is 7.35. The van der Waals surface area contributed by atoms with Gasteiger partial charge in [-0.05, 0) is 59.6 Å². The second-order valence-corrected chi connectivity index (χ2v) is 8.40. The van der Waals surface area contributed by atoms with Crippen LogP contribution in [0.2, 0.25) is 15.1 Å². The van der Waals surface area contributed by atoms with Crippen molar-refractivity contribution < 1.29 is 0 Å². The van der Waals surface area contributed by atoms with E-state index in [2.05, 4.69) is 15.8 Å². The molecular formula is C19H12Cl3N3S2. The number of aromatic nitrogens is 1. The van der Waals surface area contributed by atoms with Gasteiger partial charge >= 0.3 is 0 Å². The summed E-state index contributed by atoms with van der Waals surface area (Å²) in [5, 5.41) is 15.2. The number of nitrogens with zero attached hydrogens (tertiary/aromatic N) is 2. The topological polar surface area (TPSA) is 48.7 Å². The zero-order valence-corrected chi connectivity index (χ0v) is 17.6. The molecule has 8 heteroatoms. The molecule has 3 aromatic rings. The molecule has 3 nitrogen and oxygen atoms in total. The van der Waals surface area contributed by atoms with Gasteiger partial charge in [-0.25, -0.2) is 0 Å². The van der Waals surface area contributed by atoms with E-state index in [1.54, 1.807) is 18.3 Å². The van der Waals surface area contributed by atoms with Crippen molar-refractivity contribution in [2.75, 3.05) is 5.32 Å². The lowest BCUT2D eigenvalue weighted by atomic mass is 10.2. The van der Waals surface area contributed by atoms with Gasteiger partial charge in [0.15, 0.2) is 0 Å². The Balaban J connectivity index is 1.68. The molecule has 0 saturated carbocycles. The normalized spacial score (nSPS) is 10.9. The van der Waals surface area contributed by atoms with Crippen molar-refractivity contribution in [2.45, 2.75) is 10.8 Å². The van der Waals surface area contributed by atoms with Crippen LogP contribution in [0.1, 0.15) is 16.0 Å². The molecule has 0 atom stereocenters. The van der Waals surface area contributed by atoms with Crippen LogP contribution in [0.5, 0.6) is 0 Å². The van der Waals surface area contributed by atoms with Gasteiger partial charge in [-0.2, -0.15) is 9.64 Å². The van der Waals surface area contributed by atoms with E-state index in [0.29, 0.717) is 31.4 Å². The van der Waals surface area contributed by atoms with E-state index in [9.17, 15) is 5.26 Å². The van der Waals surface area contributed by atoms with Crippen LogP contribution in [0.25, 0.3) is 6.08 Å². The van der Waals surface area contributed by atoms with E-state index in [4.69, 9.17) is 34.8 Å². The lowest BCUT2D eigenvalue weighted by Crippen LogP contribution is -1.87. The summed E-state index contributed by atoms with van der Waals surface area (Å²) in [6.45, 7) is 0. The zero-order valence-electron chi connectivity index (χ0n) is 13.7. The van der Waals surface area contributed by atoms with Gasteiger partial charge in [0.2, 0.25) is 0 Å². The third kappa shape index (κ3) is 5.41. The summed E-state index contributed by atoms with van der Waals surface area (Å²) < 4.78 is 4.40. The van der Waals surface area contributed by atoms with Crippen LogP contribution in [-0.2, 0) is 5.75 Å². The first-order valence-electron chi connectivity index (χ1n) is 7.72. The van der Waals surface area contributed by atoms with E-state index >= 15 is 0 Å². The molecule has 136 valence electrons. The third-order valence-corrected chi connectivity index (χ3v) is 6.30. The quantitative estimate of drug-likeness (QED) is 0.397. The van der Waals surface area contributed by atoms with Crippen LogP contribution in [0.4, 0.5) is 5.69 Å².